The number of nitrogens with zero attached hydrogens (tertiary/aromatic N) is 3. The number of aromatic nitrogens is 2. The van der Waals surface area contributed by atoms with Gasteiger partial charge in [0.2, 0.25) is 5.82 Å². The fraction of sp³-hybridized carbons (Fsp3) is 0.312. The van der Waals surface area contributed by atoms with Gasteiger partial charge in [-0.1, -0.05) is 85.7 Å². The van der Waals surface area contributed by atoms with Crippen molar-refractivity contribution in [2.45, 2.75) is 32.8 Å². The van der Waals surface area contributed by atoms with E-state index in [2.05, 4.69) is 22.3 Å². The van der Waals surface area contributed by atoms with E-state index >= 15 is 0 Å². The first-order valence-corrected chi connectivity index (χ1v) is 13.7. The van der Waals surface area contributed by atoms with Crippen molar-refractivity contribution in [1.82, 2.24) is 15.0 Å². The van der Waals surface area contributed by atoms with Crippen LogP contribution in [-0.2, 0) is 16.1 Å². The summed E-state index contributed by atoms with van der Waals surface area (Å²) in [5, 5.41) is 13.6. The number of likely N-dealkylation sites (tertiary alicyclic amines) is 1. The van der Waals surface area contributed by atoms with Gasteiger partial charge in [-0.25, -0.2) is 4.79 Å². The molecule has 9 heteroatoms. The molecule has 1 fully saturated rings. The summed E-state index contributed by atoms with van der Waals surface area (Å²) in [7, 11) is 0. The molecule has 2 heterocycles. The topological polar surface area (TPSA) is 115 Å². The second kappa shape index (κ2) is 12.7. The number of hydrogen-bond acceptors (Lipinski definition) is 7. The zero-order chi connectivity index (χ0) is 28.8. The van der Waals surface area contributed by atoms with Gasteiger partial charge in [-0.2, -0.15) is 4.98 Å². The molecule has 41 heavy (non-hydrogen) atoms. The Labute approximate surface area is 238 Å². The van der Waals surface area contributed by atoms with Crippen LogP contribution in [0.4, 0.5) is 4.79 Å². The fourth-order valence-corrected chi connectivity index (χ4v) is 5.01. The van der Waals surface area contributed by atoms with Gasteiger partial charge in [0.05, 0.1) is 13.0 Å². The normalized spacial score (nSPS) is 16.6. The molecule has 2 atom stereocenters. The van der Waals surface area contributed by atoms with Gasteiger partial charge < -0.3 is 24.0 Å². The summed E-state index contributed by atoms with van der Waals surface area (Å²) >= 11 is 0. The van der Waals surface area contributed by atoms with E-state index in [9.17, 15) is 14.7 Å². The van der Waals surface area contributed by atoms with Gasteiger partial charge >= 0.3 is 12.1 Å². The maximum Gasteiger partial charge on any atom is 0.409 e. The third-order valence-corrected chi connectivity index (χ3v) is 7.04. The number of carboxylic acids is 1. The van der Waals surface area contributed by atoms with Gasteiger partial charge in [-0.05, 0) is 40.7 Å². The van der Waals surface area contributed by atoms with Crippen LogP contribution in [0, 0.1) is 11.8 Å². The van der Waals surface area contributed by atoms with Crippen molar-refractivity contribution >= 4 is 12.1 Å². The minimum Gasteiger partial charge on any atom is -0.484 e. The van der Waals surface area contributed by atoms with E-state index in [1.165, 1.54) is 0 Å². The molecule has 3 aromatic carbocycles. The number of aliphatic carboxylic acids is 1. The predicted octanol–water partition coefficient (Wildman–Crippen LogP) is 6.27. The quantitative estimate of drug-likeness (QED) is 0.244. The largest absolute Gasteiger partial charge is 0.484 e. The number of benzene rings is 3. The molecule has 0 bridgehead atoms. The second-order valence-corrected chi connectivity index (χ2v) is 10.7. The first-order valence-electron chi connectivity index (χ1n) is 13.7. The predicted molar refractivity (Wildman–Crippen MR) is 152 cm³/mol. The summed E-state index contributed by atoms with van der Waals surface area (Å²) in [5.41, 5.74) is 3.97. The Morgan fingerprint density at radius 1 is 0.976 bits per heavy atom. The van der Waals surface area contributed by atoms with E-state index in [1.54, 1.807) is 4.90 Å². The Bertz CT molecular complexity index is 1470. The van der Waals surface area contributed by atoms with Crippen molar-refractivity contribution in [3.05, 3.63) is 90.3 Å². The standard InChI is InChI=1S/C32H33N3O6/c1-21(2)19-40-32(38)35-17-26(16-30(36)37)28(18-35)25-9-6-10-27(15-25)39-20-29-33-31(34-41-29)24-13-11-23(12-14-24)22-7-4-3-5-8-22/h3-15,21,26,28H,16-20H2,1-2H3,(H,36,37)/t26-,28-/m0/s1. The number of carbonyl (C=O) groups is 2. The molecule has 0 unspecified atom stereocenters. The number of rotatable bonds is 10. The lowest BCUT2D eigenvalue weighted by Crippen LogP contribution is -2.30. The first-order chi connectivity index (χ1) is 19.9. The molecule has 5 rings (SSSR count). The van der Waals surface area contributed by atoms with Crippen LogP contribution in [-0.4, -0.2) is 51.9 Å². The summed E-state index contributed by atoms with van der Waals surface area (Å²) < 4.78 is 16.8. The SMILES string of the molecule is CC(C)COC(=O)N1C[C@H](CC(=O)O)[C@H](c2cccc(OCc3nc(-c4ccc(-c5ccccc5)cc4)no3)c2)C1. The molecule has 1 saturated heterocycles. The third-order valence-electron chi connectivity index (χ3n) is 7.04. The van der Waals surface area contributed by atoms with Gasteiger partial charge in [0.15, 0.2) is 6.61 Å². The highest BCUT2D eigenvalue weighted by molar-refractivity contribution is 5.70. The highest BCUT2D eigenvalue weighted by Crippen LogP contribution is 2.36. The van der Waals surface area contributed by atoms with E-state index in [4.69, 9.17) is 14.0 Å². The molecule has 0 aliphatic carbocycles. The molecule has 1 N–H and O–H groups in total. The number of ether oxygens (including phenoxy) is 2. The lowest BCUT2D eigenvalue weighted by atomic mass is 9.87. The second-order valence-electron chi connectivity index (χ2n) is 10.7. The van der Waals surface area contributed by atoms with Crippen LogP contribution < -0.4 is 4.74 Å². The van der Waals surface area contributed by atoms with Gasteiger partial charge in [0.1, 0.15) is 5.75 Å². The molecule has 0 spiro atoms. The molecule has 1 aliphatic heterocycles. The van der Waals surface area contributed by atoms with E-state index in [1.807, 2.05) is 80.6 Å². The van der Waals surface area contributed by atoms with Crippen LogP contribution in [0.1, 0.15) is 37.6 Å². The lowest BCUT2D eigenvalue weighted by molar-refractivity contribution is -0.138. The van der Waals surface area contributed by atoms with Crippen molar-refractivity contribution in [2.24, 2.45) is 11.8 Å². The third kappa shape index (κ3) is 7.11. The number of carboxylic acid groups (broad SMARTS) is 1. The molecule has 212 valence electrons. The fourth-order valence-electron chi connectivity index (χ4n) is 5.01. The van der Waals surface area contributed by atoms with Crippen molar-refractivity contribution in [3.8, 4) is 28.3 Å². The maximum absolute atomic E-state index is 12.6. The van der Waals surface area contributed by atoms with Crippen LogP contribution in [0.5, 0.6) is 5.75 Å². The summed E-state index contributed by atoms with van der Waals surface area (Å²) in [6, 6.07) is 25.6. The Kier molecular flexibility index (Phi) is 8.62. The van der Waals surface area contributed by atoms with Gasteiger partial charge in [-0.15, -0.1) is 0 Å². The Hall–Kier alpha value is -4.66. The molecular weight excluding hydrogens is 522 g/mol. The highest BCUT2D eigenvalue weighted by Gasteiger charge is 2.38. The number of hydrogen-bond donors (Lipinski definition) is 1. The number of carbonyl (C=O) groups excluding carboxylic acids is 1. The zero-order valence-electron chi connectivity index (χ0n) is 23.1. The molecule has 1 amide bonds. The minimum atomic E-state index is -0.897. The summed E-state index contributed by atoms with van der Waals surface area (Å²) in [6.07, 6.45) is -0.452. The molecule has 0 saturated carbocycles. The first kappa shape index (κ1) is 27.9. The minimum absolute atomic E-state index is 0.0409. The van der Waals surface area contributed by atoms with Crippen molar-refractivity contribution in [1.29, 1.82) is 0 Å². The van der Waals surface area contributed by atoms with Gasteiger partial charge in [-0.3, -0.25) is 4.79 Å². The summed E-state index contributed by atoms with van der Waals surface area (Å²) in [4.78, 5) is 30.2. The van der Waals surface area contributed by atoms with Crippen LogP contribution in [0.25, 0.3) is 22.5 Å². The summed E-state index contributed by atoms with van der Waals surface area (Å²) in [5.74, 6) is 0.327. The highest BCUT2D eigenvalue weighted by atomic mass is 16.6. The van der Waals surface area contributed by atoms with Crippen molar-refractivity contribution in [3.63, 3.8) is 0 Å². The van der Waals surface area contributed by atoms with E-state index in [-0.39, 0.29) is 30.8 Å². The monoisotopic (exact) mass is 555 g/mol. The van der Waals surface area contributed by atoms with Crippen molar-refractivity contribution < 1.29 is 28.7 Å². The molecule has 0 radical (unpaired) electrons. The lowest BCUT2D eigenvalue weighted by Gasteiger charge is -2.18. The maximum atomic E-state index is 12.6. The van der Waals surface area contributed by atoms with E-state index < -0.39 is 12.1 Å². The smallest absolute Gasteiger partial charge is 0.409 e. The summed E-state index contributed by atoms with van der Waals surface area (Å²) in [6.45, 7) is 5.05. The molecular formula is C32H33N3O6. The van der Waals surface area contributed by atoms with Crippen LogP contribution >= 0.6 is 0 Å². The molecule has 4 aromatic rings. The zero-order valence-corrected chi connectivity index (χ0v) is 23.1. The van der Waals surface area contributed by atoms with Crippen molar-refractivity contribution in [2.75, 3.05) is 19.7 Å². The Balaban J connectivity index is 1.23. The number of amides is 1. The average Bonchev–Trinajstić information content (AvgIpc) is 3.63. The molecule has 9 nitrogen and oxygen atoms in total. The van der Waals surface area contributed by atoms with E-state index in [0.29, 0.717) is 37.2 Å². The molecule has 1 aromatic heterocycles. The molecule has 1 aliphatic rings. The average molecular weight is 556 g/mol. The van der Waals surface area contributed by atoms with Gasteiger partial charge in [0.25, 0.3) is 5.89 Å². The van der Waals surface area contributed by atoms with Crippen LogP contribution in [0.3, 0.4) is 0 Å². The van der Waals surface area contributed by atoms with Crippen LogP contribution in [0.2, 0.25) is 0 Å². The van der Waals surface area contributed by atoms with E-state index in [0.717, 1.165) is 22.3 Å². The Morgan fingerprint density at radius 2 is 1.71 bits per heavy atom. The van der Waals surface area contributed by atoms with Crippen LogP contribution in [0.15, 0.2) is 83.4 Å². The van der Waals surface area contributed by atoms with Gasteiger partial charge in [0, 0.05) is 24.6 Å². The Morgan fingerprint density at radius 3 is 2.44 bits per heavy atom.